The molecular weight excluding hydrogens is 292 g/mol. The number of hydrogen-bond donors (Lipinski definition) is 3. The summed E-state index contributed by atoms with van der Waals surface area (Å²) in [4.78, 5) is 12.4. The van der Waals surface area contributed by atoms with Crippen molar-refractivity contribution in [1.29, 1.82) is 0 Å². The number of carbonyl (C=O) groups is 1. The summed E-state index contributed by atoms with van der Waals surface area (Å²) in [7, 11) is 0. The van der Waals surface area contributed by atoms with Crippen LogP contribution in [0.5, 0.6) is 5.75 Å². The van der Waals surface area contributed by atoms with Gasteiger partial charge in [-0.3, -0.25) is 4.79 Å². The van der Waals surface area contributed by atoms with Gasteiger partial charge in [0.15, 0.2) is 0 Å². The lowest BCUT2D eigenvalue weighted by molar-refractivity contribution is -0.123. The largest absolute Gasteiger partial charge is 0.493 e. The minimum Gasteiger partial charge on any atom is -0.493 e. The molecule has 1 aromatic rings. The maximum Gasteiger partial charge on any atom is 0.227 e. The zero-order chi connectivity index (χ0) is 13.9. The molecule has 0 saturated carbocycles. The topological polar surface area (TPSA) is 70.6 Å². The molecule has 1 fully saturated rings. The standard InChI is InChI=1S/C15H20N2O3.ClH/c18-13-9-16-7-10(13)8-17-15(19)12-5-6-20-14-4-2-1-3-11(12)14;/h1-4,10,12-13,16,18H,5-9H2,(H,17,19);1H. The van der Waals surface area contributed by atoms with Crippen LogP contribution in [0.2, 0.25) is 0 Å². The van der Waals surface area contributed by atoms with E-state index in [2.05, 4.69) is 10.6 Å². The van der Waals surface area contributed by atoms with Gasteiger partial charge in [-0.15, -0.1) is 12.4 Å². The Balaban J connectivity index is 0.00000161. The molecular formula is C15H21ClN2O3. The number of aliphatic hydroxyl groups excluding tert-OH is 1. The fourth-order valence-corrected chi connectivity index (χ4v) is 2.90. The van der Waals surface area contributed by atoms with E-state index in [4.69, 9.17) is 4.74 Å². The van der Waals surface area contributed by atoms with Crippen molar-refractivity contribution in [2.24, 2.45) is 5.92 Å². The van der Waals surface area contributed by atoms with Crippen LogP contribution in [0.4, 0.5) is 0 Å². The summed E-state index contributed by atoms with van der Waals surface area (Å²) in [5.74, 6) is 0.793. The highest BCUT2D eigenvalue weighted by Crippen LogP contribution is 2.33. The van der Waals surface area contributed by atoms with Crippen LogP contribution in [0, 0.1) is 5.92 Å². The van der Waals surface area contributed by atoms with Crippen molar-refractivity contribution >= 4 is 18.3 Å². The summed E-state index contributed by atoms with van der Waals surface area (Å²) in [6.07, 6.45) is 0.339. The Morgan fingerprint density at radius 2 is 2.19 bits per heavy atom. The SMILES string of the molecule is Cl.O=C(NCC1CNCC1O)C1CCOc2ccccc21. The molecule has 0 spiro atoms. The van der Waals surface area contributed by atoms with Crippen molar-refractivity contribution in [3.63, 3.8) is 0 Å². The van der Waals surface area contributed by atoms with Crippen molar-refractivity contribution in [1.82, 2.24) is 10.6 Å². The van der Waals surface area contributed by atoms with Gasteiger partial charge in [0.05, 0.1) is 18.6 Å². The summed E-state index contributed by atoms with van der Waals surface area (Å²) in [6, 6.07) is 7.70. The summed E-state index contributed by atoms with van der Waals surface area (Å²) in [6.45, 7) is 2.46. The molecule has 6 heteroatoms. The third-order valence-electron chi connectivity index (χ3n) is 4.12. The van der Waals surface area contributed by atoms with Crippen LogP contribution in [0.25, 0.3) is 0 Å². The average molecular weight is 313 g/mol. The molecule has 1 saturated heterocycles. The number of halogens is 1. The number of nitrogens with one attached hydrogen (secondary N) is 2. The van der Waals surface area contributed by atoms with Gasteiger partial charge in [0, 0.05) is 31.1 Å². The maximum atomic E-state index is 12.4. The van der Waals surface area contributed by atoms with Crippen molar-refractivity contribution in [2.45, 2.75) is 18.4 Å². The van der Waals surface area contributed by atoms with Crippen LogP contribution in [0.3, 0.4) is 0 Å². The van der Waals surface area contributed by atoms with Gasteiger partial charge in [0.1, 0.15) is 5.75 Å². The molecule has 1 amide bonds. The number of para-hydroxylation sites is 1. The summed E-state index contributed by atoms with van der Waals surface area (Å²) >= 11 is 0. The number of ether oxygens (including phenoxy) is 1. The minimum absolute atomic E-state index is 0. The average Bonchev–Trinajstić information content (AvgIpc) is 2.89. The third kappa shape index (κ3) is 3.48. The first kappa shape index (κ1) is 16.1. The van der Waals surface area contributed by atoms with Crippen molar-refractivity contribution in [3.8, 4) is 5.75 Å². The lowest BCUT2D eigenvalue weighted by Crippen LogP contribution is -2.38. The summed E-state index contributed by atoms with van der Waals surface area (Å²) in [5.41, 5.74) is 0.960. The predicted molar refractivity (Wildman–Crippen MR) is 81.9 cm³/mol. The second-order valence-electron chi connectivity index (χ2n) is 5.46. The number of benzene rings is 1. The minimum atomic E-state index is -0.364. The smallest absolute Gasteiger partial charge is 0.227 e. The van der Waals surface area contributed by atoms with Gasteiger partial charge in [-0.2, -0.15) is 0 Å². The van der Waals surface area contributed by atoms with Gasteiger partial charge >= 0.3 is 0 Å². The monoisotopic (exact) mass is 312 g/mol. The van der Waals surface area contributed by atoms with E-state index in [1.165, 1.54) is 0 Å². The molecule has 0 radical (unpaired) electrons. The van der Waals surface area contributed by atoms with Gasteiger partial charge < -0.3 is 20.5 Å². The molecule has 2 aliphatic heterocycles. The van der Waals surface area contributed by atoms with E-state index in [9.17, 15) is 9.90 Å². The first-order valence-electron chi connectivity index (χ1n) is 7.14. The summed E-state index contributed by atoms with van der Waals surface area (Å²) < 4.78 is 5.57. The third-order valence-corrected chi connectivity index (χ3v) is 4.12. The lowest BCUT2D eigenvalue weighted by atomic mass is 9.92. The van der Waals surface area contributed by atoms with Crippen LogP contribution < -0.4 is 15.4 Å². The zero-order valence-electron chi connectivity index (χ0n) is 11.7. The van der Waals surface area contributed by atoms with Gasteiger partial charge in [-0.1, -0.05) is 18.2 Å². The molecule has 1 aromatic carbocycles. The Labute approximate surface area is 130 Å². The van der Waals surface area contributed by atoms with E-state index in [0.717, 1.165) is 17.9 Å². The first-order chi connectivity index (χ1) is 9.75. The van der Waals surface area contributed by atoms with Crippen molar-refractivity contribution < 1.29 is 14.6 Å². The van der Waals surface area contributed by atoms with Crippen LogP contribution in [0.1, 0.15) is 17.9 Å². The molecule has 3 atom stereocenters. The number of β-amino-alcohol motifs (C(OH)–C–C–N with tert-alkyl or cyclic N) is 1. The molecule has 21 heavy (non-hydrogen) atoms. The summed E-state index contributed by atoms with van der Waals surface area (Å²) in [5, 5.41) is 15.8. The van der Waals surface area contributed by atoms with Crippen molar-refractivity contribution in [2.75, 3.05) is 26.2 Å². The molecule has 3 N–H and O–H groups in total. The second-order valence-corrected chi connectivity index (χ2v) is 5.46. The molecule has 0 aromatic heterocycles. The Hall–Kier alpha value is -1.30. The Kier molecular flexibility index (Phi) is 5.45. The fraction of sp³-hybridized carbons (Fsp3) is 0.533. The molecule has 116 valence electrons. The Bertz CT molecular complexity index is 498. The van der Waals surface area contributed by atoms with Crippen molar-refractivity contribution in [3.05, 3.63) is 29.8 Å². The number of amides is 1. The maximum absolute atomic E-state index is 12.4. The molecule has 0 bridgehead atoms. The van der Waals surface area contributed by atoms with Crippen LogP contribution in [-0.2, 0) is 4.79 Å². The van der Waals surface area contributed by atoms with Gasteiger partial charge in [-0.25, -0.2) is 0 Å². The number of rotatable bonds is 3. The first-order valence-corrected chi connectivity index (χ1v) is 7.14. The van der Waals surface area contributed by atoms with E-state index in [1.807, 2.05) is 24.3 Å². The fourth-order valence-electron chi connectivity index (χ4n) is 2.90. The Morgan fingerprint density at radius 3 is 2.95 bits per heavy atom. The van der Waals surface area contributed by atoms with Crippen LogP contribution >= 0.6 is 12.4 Å². The molecule has 3 unspecified atom stereocenters. The molecule has 3 rings (SSSR count). The molecule has 0 aliphatic carbocycles. The highest BCUT2D eigenvalue weighted by molar-refractivity contribution is 5.85. The highest BCUT2D eigenvalue weighted by atomic mass is 35.5. The van der Waals surface area contributed by atoms with E-state index < -0.39 is 0 Å². The van der Waals surface area contributed by atoms with E-state index >= 15 is 0 Å². The molecule has 5 nitrogen and oxygen atoms in total. The molecule has 2 heterocycles. The number of aliphatic hydroxyl groups is 1. The molecule has 2 aliphatic rings. The van der Waals surface area contributed by atoms with Crippen LogP contribution in [0.15, 0.2) is 24.3 Å². The highest BCUT2D eigenvalue weighted by Gasteiger charge is 2.29. The zero-order valence-corrected chi connectivity index (χ0v) is 12.6. The number of carbonyl (C=O) groups excluding carboxylic acids is 1. The van der Waals surface area contributed by atoms with E-state index in [-0.39, 0.29) is 36.3 Å². The quantitative estimate of drug-likeness (QED) is 0.767. The number of fused-ring (bicyclic) bond motifs is 1. The predicted octanol–water partition coefficient (Wildman–Crippen LogP) is 0.671. The van der Waals surface area contributed by atoms with E-state index in [1.54, 1.807) is 0 Å². The van der Waals surface area contributed by atoms with E-state index in [0.29, 0.717) is 26.1 Å². The lowest BCUT2D eigenvalue weighted by Gasteiger charge is -2.25. The van der Waals surface area contributed by atoms with Gasteiger partial charge in [0.25, 0.3) is 0 Å². The Morgan fingerprint density at radius 1 is 1.38 bits per heavy atom. The normalized spacial score (nSPS) is 27.2. The van der Waals surface area contributed by atoms with Gasteiger partial charge in [-0.05, 0) is 12.5 Å². The van der Waals surface area contributed by atoms with Crippen LogP contribution in [-0.4, -0.2) is 43.4 Å². The number of hydrogen-bond acceptors (Lipinski definition) is 4. The second kappa shape index (κ2) is 7.11. The van der Waals surface area contributed by atoms with Gasteiger partial charge in [0.2, 0.25) is 5.91 Å².